The molecule has 13 heavy (non-hydrogen) atoms. The molecule has 3 heteroatoms. The van der Waals surface area contributed by atoms with Gasteiger partial charge in [-0.25, -0.2) is 5.11 Å². The van der Waals surface area contributed by atoms with Crippen molar-refractivity contribution >= 4 is 22.5 Å². The van der Waals surface area contributed by atoms with E-state index < -0.39 is 5.56 Å². The molecule has 1 aromatic heterocycles. The highest BCUT2D eigenvalue weighted by molar-refractivity contribution is 6.20. The van der Waals surface area contributed by atoms with Crippen LogP contribution in [0.4, 0.5) is 0 Å². The second-order valence-electron chi connectivity index (χ2n) is 2.73. The second-order valence-corrected chi connectivity index (χ2v) is 3.13. The smallest absolute Gasteiger partial charge is 0.192 e. The SMILES string of the molecule is [O]C(Cl)c1ccnc2ccccc12. The number of fused-ring (bicyclic) bond motifs is 1. The minimum atomic E-state index is -1.21. The van der Waals surface area contributed by atoms with Crippen molar-refractivity contribution < 1.29 is 5.11 Å². The van der Waals surface area contributed by atoms with Crippen molar-refractivity contribution in [3.05, 3.63) is 42.1 Å². The third kappa shape index (κ3) is 1.50. The van der Waals surface area contributed by atoms with Gasteiger partial charge in [0.25, 0.3) is 0 Å². The highest BCUT2D eigenvalue weighted by Gasteiger charge is 2.08. The van der Waals surface area contributed by atoms with Gasteiger partial charge in [0, 0.05) is 17.1 Å². The molecular formula is C10H7ClNO. The Morgan fingerprint density at radius 2 is 2.00 bits per heavy atom. The summed E-state index contributed by atoms with van der Waals surface area (Å²) in [5, 5.41) is 11.9. The van der Waals surface area contributed by atoms with Gasteiger partial charge in [-0.1, -0.05) is 29.8 Å². The summed E-state index contributed by atoms with van der Waals surface area (Å²) in [4.78, 5) is 4.13. The molecular weight excluding hydrogens is 186 g/mol. The van der Waals surface area contributed by atoms with Crippen molar-refractivity contribution in [1.82, 2.24) is 4.98 Å². The Balaban J connectivity index is 2.76. The summed E-state index contributed by atoms with van der Waals surface area (Å²) in [5.74, 6) is 0. The molecule has 0 N–H and O–H groups in total. The van der Waals surface area contributed by atoms with Crippen LogP contribution in [0.2, 0.25) is 0 Å². The maximum atomic E-state index is 11.1. The lowest BCUT2D eigenvalue weighted by Crippen LogP contribution is -1.89. The van der Waals surface area contributed by atoms with E-state index in [9.17, 15) is 5.11 Å². The zero-order valence-corrected chi connectivity index (χ0v) is 7.53. The van der Waals surface area contributed by atoms with E-state index in [-0.39, 0.29) is 0 Å². The van der Waals surface area contributed by atoms with E-state index in [4.69, 9.17) is 11.6 Å². The fourth-order valence-electron chi connectivity index (χ4n) is 1.32. The zero-order valence-electron chi connectivity index (χ0n) is 6.77. The predicted octanol–water partition coefficient (Wildman–Crippen LogP) is 2.90. The van der Waals surface area contributed by atoms with Crippen LogP contribution in [0.3, 0.4) is 0 Å². The lowest BCUT2D eigenvalue weighted by atomic mass is 10.1. The maximum Gasteiger partial charge on any atom is 0.192 e. The van der Waals surface area contributed by atoms with Crippen LogP contribution < -0.4 is 0 Å². The average Bonchev–Trinajstić information content (AvgIpc) is 2.17. The van der Waals surface area contributed by atoms with E-state index in [1.807, 2.05) is 24.3 Å². The van der Waals surface area contributed by atoms with Gasteiger partial charge < -0.3 is 0 Å². The van der Waals surface area contributed by atoms with Crippen LogP contribution in [0, 0.1) is 0 Å². The van der Waals surface area contributed by atoms with Crippen LogP contribution >= 0.6 is 11.6 Å². The van der Waals surface area contributed by atoms with E-state index in [0.29, 0.717) is 5.56 Å². The number of pyridine rings is 1. The van der Waals surface area contributed by atoms with Crippen molar-refractivity contribution in [2.75, 3.05) is 0 Å². The van der Waals surface area contributed by atoms with E-state index in [1.54, 1.807) is 12.3 Å². The summed E-state index contributed by atoms with van der Waals surface area (Å²) < 4.78 is 0. The first kappa shape index (κ1) is 8.48. The summed E-state index contributed by atoms with van der Waals surface area (Å²) in [5.41, 5.74) is 0.182. The Labute approximate surface area is 80.8 Å². The lowest BCUT2D eigenvalue weighted by Gasteiger charge is -2.04. The molecule has 2 aromatic rings. The highest BCUT2D eigenvalue weighted by atomic mass is 35.5. The van der Waals surface area contributed by atoms with Crippen LogP contribution in [-0.2, 0) is 5.11 Å². The topological polar surface area (TPSA) is 32.8 Å². The molecule has 0 aliphatic heterocycles. The van der Waals surface area contributed by atoms with Gasteiger partial charge in [-0.3, -0.25) is 4.98 Å². The summed E-state index contributed by atoms with van der Waals surface area (Å²) in [6, 6.07) is 9.12. The Hall–Kier alpha value is -1.12. The van der Waals surface area contributed by atoms with Gasteiger partial charge in [-0.2, -0.15) is 0 Å². The van der Waals surface area contributed by atoms with E-state index in [1.165, 1.54) is 0 Å². The molecule has 2 rings (SSSR count). The molecule has 65 valence electrons. The standard InChI is InChI=1S/C10H7ClNO/c11-10(13)8-5-6-12-9-4-2-1-3-7(8)9/h1-6,10H. The van der Waals surface area contributed by atoms with Crippen LogP contribution in [-0.4, -0.2) is 4.98 Å². The van der Waals surface area contributed by atoms with Crippen LogP contribution in [0.1, 0.15) is 11.1 Å². The first-order valence-corrected chi connectivity index (χ1v) is 4.36. The molecule has 1 radical (unpaired) electrons. The predicted molar refractivity (Wildman–Crippen MR) is 51.0 cm³/mol. The third-order valence-electron chi connectivity index (χ3n) is 1.93. The number of alkyl halides is 1. The second kappa shape index (κ2) is 3.32. The molecule has 1 atom stereocenters. The quantitative estimate of drug-likeness (QED) is 0.640. The van der Waals surface area contributed by atoms with Gasteiger partial charge in [-0.15, -0.1) is 0 Å². The number of halogens is 1. The minimum absolute atomic E-state index is 0.590. The number of aromatic nitrogens is 1. The van der Waals surface area contributed by atoms with E-state index in [2.05, 4.69) is 4.98 Å². The largest absolute Gasteiger partial charge is 0.256 e. The van der Waals surface area contributed by atoms with E-state index >= 15 is 0 Å². The Morgan fingerprint density at radius 3 is 2.77 bits per heavy atom. The van der Waals surface area contributed by atoms with Gasteiger partial charge in [-0.05, 0) is 12.1 Å². The van der Waals surface area contributed by atoms with Crippen molar-refractivity contribution in [2.45, 2.75) is 5.56 Å². The van der Waals surface area contributed by atoms with Crippen molar-refractivity contribution in [1.29, 1.82) is 0 Å². The van der Waals surface area contributed by atoms with Crippen LogP contribution in [0.15, 0.2) is 36.5 Å². The van der Waals surface area contributed by atoms with Gasteiger partial charge >= 0.3 is 0 Å². The Morgan fingerprint density at radius 1 is 1.23 bits per heavy atom. The summed E-state index contributed by atoms with van der Waals surface area (Å²) >= 11 is 5.50. The third-order valence-corrected chi connectivity index (χ3v) is 2.16. The zero-order chi connectivity index (χ0) is 9.26. The van der Waals surface area contributed by atoms with Crippen molar-refractivity contribution in [2.24, 2.45) is 0 Å². The molecule has 1 unspecified atom stereocenters. The Kier molecular flexibility index (Phi) is 2.17. The normalized spacial score (nSPS) is 13.1. The monoisotopic (exact) mass is 192 g/mol. The Bertz CT molecular complexity index is 423. The maximum absolute atomic E-state index is 11.1. The molecule has 0 spiro atoms. The number of benzene rings is 1. The van der Waals surface area contributed by atoms with Gasteiger partial charge in [0.15, 0.2) is 5.56 Å². The molecule has 1 heterocycles. The lowest BCUT2D eigenvalue weighted by molar-refractivity contribution is 0.162. The summed E-state index contributed by atoms with van der Waals surface area (Å²) in [7, 11) is 0. The fraction of sp³-hybridized carbons (Fsp3) is 0.100. The molecule has 0 saturated carbocycles. The molecule has 0 aliphatic carbocycles. The number of rotatable bonds is 1. The molecule has 0 saturated heterocycles. The van der Waals surface area contributed by atoms with Crippen molar-refractivity contribution in [3.8, 4) is 0 Å². The van der Waals surface area contributed by atoms with Gasteiger partial charge in [0.1, 0.15) is 0 Å². The molecule has 0 bridgehead atoms. The van der Waals surface area contributed by atoms with Crippen molar-refractivity contribution in [3.63, 3.8) is 0 Å². The van der Waals surface area contributed by atoms with Gasteiger partial charge in [0.2, 0.25) is 0 Å². The molecule has 0 fully saturated rings. The van der Waals surface area contributed by atoms with Crippen LogP contribution in [0.5, 0.6) is 0 Å². The first-order valence-electron chi connectivity index (χ1n) is 3.92. The van der Waals surface area contributed by atoms with Crippen LogP contribution in [0.25, 0.3) is 10.9 Å². The molecule has 0 aliphatic rings. The van der Waals surface area contributed by atoms with E-state index in [0.717, 1.165) is 10.9 Å². The fourth-order valence-corrected chi connectivity index (χ4v) is 1.51. The molecule has 1 aromatic carbocycles. The highest BCUT2D eigenvalue weighted by Crippen LogP contribution is 2.25. The molecule has 0 amide bonds. The summed E-state index contributed by atoms with van der Waals surface area (Å²) in [6.07, 6.45) is 1.60. The average molecular weight is 193 g/mol. The number of para-hydroxylation sites is 1. The number of nitrogens with zero attached hydrogens (tertiary/aromatic N) is 1. The number of hydrogen-bond donors (Lipinski definition) is 0. The molecule has 2 nitrogen and oxygen atoms in total. The first-order chi connectivity index (χ1) is 6.29. The summed E-state index contributed by atoms with van der Waals surface area (Å²) in [6.45, 7) is 0. The number of hydrogen-bond acceptors (Lipinski definition) is 1. The minimum Gasteiger partial charge on any atom is -0.256 e. The van der Waals surface area contributed by atoms with Gasteiger partial charge in [0.05, 0.1) is 5.52 Å².